The number of benzene rings is 2. The summed E-state index contributed by atoms with van der Waals surface area (Å²) in [5, 5.41) is 15.7. The van der Waals surface area contributed by atoms with E-state index in [4.69, 9.17) is 0 Å². The molecule has 1 N–H and O–H groups in total. The number of rotatable bonds is 4. The van der Waals surface area contributed by atoms with Gasteiger partial charge in [0.25, 0.3) is 5.56 Å². The summed E-state index contributed by atoms with van der Waals surface area (Å²) in [5.41, 5.74) is 1.12. The number of carbonyl (C=O) groups is 2. The second kappa shape index (κ2) is 7.87. The van der Waals surface area contributed by atoms with E-state index in [-0.39, 0.29) is 24.6 Å². The number of likely N-dealkylation sites (tertiary alicyclic amines) is 1. The second-order valence-electron chi connectivity index (χ2n) is 7.26. The maximum atomic E-state index is 12.7. The van der Waals surface area contributed by atoms with E-state index in [1.165, 1.54) is 11.0 Å². The van der Waals surface area contributed by atoms with Gasteiger partial charge in [-0.1, -0.05) is 42.5 Å². The van der Waals surface area contributed by atoms with Gasteiger partial charge in [-0.25, -0.2) is 4.68 Å². The van der Waals surface area contributed by atoms with Gasteiger partial charge in [0.05, 0.1) is 11.6 Å². The van der Waals surface area contributed by atoms with E-state index in [0.29, 0.717) is 25.1 Å². The molecule has 7 nitrogen and oxygen atoms in total. The first-order valence-corrected chi connectivity index (χ1v) is 9.60. The average Bonchev–Trinajstić information content (AvgIpc) is 2.75. The Morgan fingerprint density at radius 3 is 2.69 bits per heavy atom. The van der Waals surface area contributed by atoms with Crippen LogP contribution in [0.2, 0.25) is 0 Å². The van der Waals surface area contributed by atoms with Gasteiger partial charge in [-0.15, -0.1) is 0 Å². The lowest BCUT2D eigenvalue weighted by atomic mass is 9.98. The van der Waals surface area contributed by atoms with Crippen molar-refractivity contribution in [2.24, 2.45) is 5.92 Å². The summed E-state index contributed by atoms with van der Waals surface area (Å²) in [6, 6.07) is 16.8. The summed E-state index contributed by atoms with van der Waals surface area (Å²) < 4.78 is 1.16. The number of hydrogen-bond acceptors (Lipinski definition) is 4. The lowest BCUT2D eigenvalue weighted by molar-refractivity contribution is -0.145. The Labute approximate surface area is 167 Å². The van der Waals surface area contributed by atoms with Crippen molar-refractivity contribution in [2.45, 2.75) is 19.4 Å². The minimum absolute atomic E-state index is 0.173. The van der Waals surface area contributed by atoms with Gasteiger partial charge in [0.1, 0.15) is 6.54 Å². The molecular formula is C22H21N3O4. The molecule has 1 amide bonds. The SMILES string of the molecule is O=C(O)[C@@H]1CCCN(C(=O)Cn2nc(-c3cccc4ccccc34)ccc2=O)C1. The molecule has 2 aromatic carbocycles. The molecule has 1 aliphatic heterocycles. The van der Waals surface area contributed by atoms with Crippen molar-refractivity contribution in [1.82, 2.24) is 14.7 Å². The maximum Gasteiger partial charge on any atom is 0.308 e. The molecule has 4 rings (SSSR count). The van der Waals surface area contributed by atoms with Crippen LogP contribution in [-0.4, -0.2) is 44.8 Å². The predicted octanol–water partition coefficient (Wildman–Crippen LogP) is 2.39. The molecule has 1 atom stereocenters. The van der Waals surface area contributed by atoms with E-state index in [1.54, 1.807) is 6.07 Å². The quantitative estimate of drug-likeness (QED) is 0.737. The van der Waals surface area contributed by atoms with Crippen LogP contribution in [0.25, 0.3) is 22.0 Å². The van der Waals surface area contributed by atoms with E-state index in [1.807, 2.05) is 42.5 Å². The third-order valence-corrected chi connectivity index (χ3v) is 5.34. The smallest absolute Gasteiger partial charge is 0.308 e. The Bertz CT molecular complexity index is 1130. The maximum absolute atomic E-state index is 12.7. The van der Waals surface area contributed by atoms with Crippen molar-refractivity contribution < 1.29 is 14.7 Å². The molecule has 0 unspecified atom stereocenters. The largest absolute Gasteiger partial charge is 0.481 e. The highest BCUT2D eigenvalue weighted by Gasteiger charge is 2.28. The Balaban J connectivity index is 1.61. The van der Waals surface area contributed by atoms with Gasteiger partial charge in [-0.2, -0.15) is 5.10 Å². The Morgan fingerprint density at radius 2 is 1.86 bits per heavy atom. The molecule has 1 aliphatic rings. The zero-order chi connectivity index (χ0) is 20.4. The number of aromatic nitrogens is 2. The molecule has 0 radical (unpaired) electrons. The summed E-state index contributed by atoms with van der Waals surface area (Å²) >= 11 is 0. The number of fused-ring (bicyclic) bond motifs is 1. The van der Waals surface area contributed by atoms with Crippen molar-refractivity contribution in [3.8, 4) is 11.3 Å². The van der Waals surface area contributed by atoms with Gasteiger partial charge in [0.15, 0.2) is 0 Å². The monoisotopic (exact) mass is 391 g/mol. The van der Waals surface area contributed by atoms with Crippen molar-refractivity contribution >= 4 is 22.6 Å². The molecule has 29 heavy (non-hydrogen) atoms. The minimum Gasteiger partial charge on any atom is -0.481 e. The van der Waals surface area contributed by atoms with Gasteiger partial charge in [-0.3, -0.25) is 14.4 Å². The van der Waals surface area contributed by atoms with E-state index in [0.717, 1.165) is 21.0 Å². The number of piperidine rings is 1. The van der Waals surface area contributed by atoms with Crippen molar-refractivity contribution in [3.63, 3.8) is 0 Å². The number of aliphatic carboxylic acids is 1. The van der Waals surface area contributed by atoms with Crippen LogP contribution in [-0.2, 0) is 16.1 Å². The zero-order valence-corrected chi connectivity index (χ0v) is 15.8. The average molecular weight is 391 g/mol. The Hall–Kier alpha value is -3.48. The molecule has 1 fully saturated rings. The molecule has 1 aromatic heterocycles. The number of hydrogen-bond donors (Lipinski definition) is 1. The Morgan fingerprint density at radius 1 is 1.07 bits per heavy atom. The fraction of sp³-hybridized carbons (Fsp3) is 0.273. The first kappa shape index (κ1) is 18.9. The fourth-order valence-electron chi connectivity index (χ4n) is 3.79. The molecule has 1 saturated heterocycles. The van der Waals surface area contributed by atoms with E-state index in [2.05, 4.69) is 5.10 Å². The molecule has 0 spiro atoms. The summed E-state index contributed by atoms with van der Waals surface area (Å²) in [6.07, 6.45) is 1.20. The van der Waals surface area contributed by atoms with Gasteiger partial charge < -0.3 is 10.0 Å². The fourth-order valence-corrected chi connectivity index (χ4v) is 3.79. The summed E-state index contributed by atoms with van der Waals surface area (Å²) in [7, 11) is 0. The summed E-state index contributed by atoms with van der Waals surface area (Å²) in [4.78, 5) is 37.7. The van der Waals surface area contributed by atoms with Gasteiger partial charge in [-0.05, 0) is 29.7 Å². The third-order valence-electron chi connectivity index (χ3n) is 5.34. The number of nitrogens with zero attached hydrogens (tertiary/aromatic N) is 3. The lowest BCUT2D eigenvalue weighted by Gasteiger charge is -2.30. The van der Waals surface area contributed by atoms with Crippen LogP contribution in [0, 0.1) is 5.92 Å². The summed E-state index contributed by atoms with van der Waals surface area (Å²) in [6.45, 7) is 0.468. The topological polar surface area (TPSA) is 92.5 Å². The molecule has 148 valence electrons. The predicted molar refractivity (Wildman–Crippen MR) is 108 cm³/mol. The van der Waals surface area contributed by atoms with E-state index >= 15 is 0 Å². The lowest BCUT2D eigenvalue weighted by Crippen LogP contribution is -2.44. The molecule has 2 heterocycles. The van der Waals surface area contributed by atoms with Crippen molar-refractivity contribution in [1.29, 1.82) is 0 Å². The Kier molecular flexibility index (Phi) is 5.12. The normalized spacial score (nSPS) is 16.7. The molecule has 0 aliphatic carbocycles. The number of amides is 1. The first-order valence-electron chi connectivity index (χ1n) is 9.60. The van der Waals surface area contributed by atoms with Crippen molar-refractivity contribution in [2.75, 3.05) is 13.1 Å². The first-order chi connectivity index (χ1) is 14.0. The molecule has 0 bridgehead atoms. The van der Waals surface area contributed by atoms with Gasteiger partial charge >= 0.3 is 5.97 Å². The highest BCUT2D eigenvalue weighted by molar-refractivity contribution is 5.95. The van der Waals surface area contributed by atoms with Gasteiger partial charge in [0.2, 0.25) is 5.91 Å². The van der Waals surface area contributed by atoms with Crippen LogP contribution in [0.3, 0.4) is 0 Å². The molecule has 0 saturated carbocycles. The van der Waals surface area contributed by atoms with Crippen LogP contribution in [0.15, 0.2) is 59.4 Å². The second-order valence-corrected chi connectivity index (χ2v) is 7.26. The van der Waals surface area contributed by atoms with Crippen LogP contribution in [0.1, 0.15) is 12.8 Å². The summed E-state index contributed by atoms with van der Waals surface area (Å²) in [5.74, 6) is -1.74. The molecule has 3 aromatic rings. The molecule has 7 heteroatoms. The van der Waals surface area contributed by atoms with E-state index in [9.17, 15) is 19.5 Å². The standard InChI is InChI=1S/C22H21N3O4/c26-20-11-10-19(18-9-3-6-15-5-1-2-8-17(15)18)23-25(20)14-21(27)24-12-4-7-16(13-24)22(28)29/h1-3,5-6,8-11,16H,4,7,12-14H2,(H,28,29)/t16-/m1/s1. The third kappa shape index (κ3) is 3.89. The van der Waals surface area contributed by atoms with Gasteiger partial charge in [0, 0.05) is 24.7 Å². The number of carboxylic acid groups (broad SMARTS) is 1. The van der Waals surface area contributed by atoms with E-state index < -0.39 is 11.9 Å². The van der Waals surface area contributed by atoms with Crippen LogP contribution in [0.4, 0.5) is 0 Å². The zero-order valence-electron chi connectivity index (χ0n) is 15.8. The van der Waals surface area contributed by atoms with Crippen LogP contribution >= 0.6 is 0 Å². The number of carboxylic acids is 1. The number of carbonyl (C=O) groups excluding carboxylic acids is 1. The minimum atomic E-state index is -0.893. The highest BCUT2D eigenvalue weighted by atomic mass is 16.4. The van der Waals surface area contributed by atoms with Crippen molar-refractivity contribution in [3.05, 3.63) is 65.0 Å². The molecular weight excluding hydrogens is 370 g/mol. The van der Waals surface area contributed by atoms with Crippen LogP contribution in [0.5, 0.6) is 0 Å². The van der Waals surface area contributed by atoms with Crippen LogP contribution < -0.4 is 5.56 Å². The highest BCUT2D eigenvalue weighted by Crippen LogP contribution is 2.26.